The van der Waals surface area contributed by atoms with E-state index in [0.29, 0.717) is 12.2 Å². The standard InChI is InChI=1S/C19H29ClO2/c1-9-22-17-14(18(3,4)5)10-13(16(21)12(2)20)11-15(17)19(6,7)8/h10-12H,9H2,1-8H3. The minimum absolute atomic E-state index is 0.0410. The fraction of sp³-hybridized carbons (Fsp3) is 0.632. The molecule has 0 N–H and O–H groups in total. The molecule has 124 valence electrons. The lowest BCUT2D eigenvalue weighted by Gasteiger charge is -2.30. The van der Waals surface area contributed by atoms with Crippen molar-refractivity contribution in [3.8, 4) is 5.75 Å². The van der Waals surface area contributed by atoms with Crippen LogP contribution in [0.1, 0.15) is 76.9 Å². The molecule has 0 aliphatic rings. The highest BCUT2D eigenvalue weighted by Crippen LogP contribution is 2.41. The Morgan fingerprint density at radius 3 is 1.77 bits per heavy atom. The van der Waals surface area contributed by atoms with Crippen molar-refractivity contribution in [3.63, 3.8) is 0 Å². The number of halogens is 1. The van der Waals surface area contributed by atoms with Crippen LogP contribution in [0.5, 0.6) is 5.75 Å². The summed E-state index contributed by atoms with van der Waals surface area (Å²) < 4.78 is 5.97. The van der Waals surface area contributed by atoms with Crippen molar-refractivity contribution in [1.82, 2.24) is 0 Å². The number of hydrogen-bond donors (Lipinski definition) is 0. The minimum atomic E-state index is -0.529. The van der Waals surface area contributed by atoms with Crippen molar-refractivity contribution in [1.29, 1.82) is 0 Å². The van der Waals surface area contributed by atoms with Gasteiger partial charge in [-0.3, -0.25) is 4.79 Å². The molecule has 0 saturated carbocycles. The molecule has 0 heterocycles. The van der Waals surface area contributed by atoms with Crippen LogP contribution >= 0.6 is 11.6 Å². The summed E-state index contributed by atoms with van der Waals surface area (Å²) in [5.41, 5.74) is 2.55. The Labute approximate surface area is 140 Å². The zero-order valence-corrected chi connectivity index (χ0v) is 15.9. The molecule has 1 aromatic carbocycles. The summed E-state index contributed by atoms with van der Waals surface area (Å²) in [5, 5.41) is -0.529. The lowest BCUT2D eigenvalue weighted by atomic mass is 9.78. The molecule has 0 aliphatic heterocycles. The van der Waals surface area contributed by atoms with Crippen LogP contribution < -0.4 is 4.74 Å². The molecule has 0 radical (unpaired) electrons. The van der Waals surface area contributed by atoms with E-state index in [4.69, 9.17) is 16.3 Å². The van der Waals surface area contributed by atoms with Crippen LogP contribution in [0.2, 0.25) is 0 Å². The molecule has 1 aromatic rings. The molecular weight excluding hydrogens is 296 g/mol. The van der Waals surface area contributed by atoms with Crippen molar-refractivity contribution < 1.29 is 9.53 Å². The largest absolute Gasteiger partial charge is 0.493 e. The molecule has 0 aliphatic carbocycles. The normalized spacial score (nSPS) is 13.9. The fourth-order valence-corrected chi connectivity index (χ4v) is 2.54. The van der Waals surface area contributed by atoms with Gasteiger partial charge in [-0.15, -0.1) is 11.6 Å². The number of Topliss-reactive ketones (excluding diaryl/α,β-unsaturated/α-hetero) is 1. The van der Waals surface area contributed by atoms with Gasteiger partial charge in [0.05, 0.1) is 12.0 Å². The molecule has 3 heteroatoms. The minimum Gasteiger partial charge on any atom is -0.493 e. The third kappa shape index (κ3) is 4.25. The first-order chi connectivity index (χ1) is 9.89. The van der Waals surface area contributed by atoms with Crippen LogP contribution in [-0.2, 0) is 10.8 Å². The third-order valence-corrected chi connectivity index (χ3v) is 3.84. The van der Waals surface area contributed by atoms with Gasteiger partial charge in [0.15, 0.2) is 5.78 Å². The van der Waals surface area contributed by atoms with Crippen LogP contribution in [0.3, 0.4) is 0 Å². The second-order valence-corrected chi connectivity index (χ2v) is 8.47. The van der Waals surface area contributed by atoms with E-state index < -0.39 is 5.38 Å². The highest BCUT2D eigenvalue weighted by Gasteiger charge is 2.29. The summed E-state index contributed by atoms with van der Waals surface area (Å²) >= 11 is 6.02. The molecule has 22 heavy (non-hydrogen) atoms. The van der Waals surface area contributed by atoms with Crippen molar-refractivity contribution in [2.45, 2.75) is 71.6 Å². The van der Waals surface area contributed by atoms with E-state index in [2.05, 4.69) is 41.5 Å². The Kier molecular flexibility index (Phi) is 5.72. The van der Waals surface area contributed by atoms with Crippen LogP contribution in [-0.4, -0.2) is 17.8 Å². The molecule has 0 bridgehead atoms. The summed E-state index contributed by atoms with van der Waals surface area (Å²) in [7, 11) is 0. The van der Waals surface area contributed by atoms with Crippen molar-refractivity contribution in [2.75, 3.05) is 6.61 Å². The summed E-state index contributed by atoms with van der Waals surface area (Å²) in [5.74, 6) is 0.863. The highest BCUT2D eigenvalue weighted by molar-refractivity contribution is 6.33. The molecule has 1 unspecified atom stereocenters. The molecule has 0 amide bonds. The smallest absolute Gasteiger partial charge is 0.180 e. The van der Waals surface area contributed by atoms with E-state index >= 15 is 0 Å². The van der Waals surface area contributed by atoms with Crippen LogP contribution in [0.15, 0.2) is 12.1 Å². The van der Waals surface area contributed by atoms with Gasteiger partial charge >= 0.3 is 0 Å². The number of benzene rings is 1. The van der Waals surface area contributed by atoms with Crippen molar-refractivity contribution in [2.24, 2.45) is 0 Å². The summed E-state index contributed by atoms with van der Waals surface area (Å²) in [6.07, 6.45) is 0. The first kappa shape index (κ1) is 19.0. The number of carbonyl (C=O) groups excluding carboxylic acids is 1. The van der Waals surface area contributed by atoms with E-state index in [-0.39, 0.29) is 16.6 Å². The summed E-state index contributed by atoms with van der Waals surface area (Å²) in [6, 6.07) is 3.89. The third-order valence-electron chi connectivity index (χ3n) is 3.64. The number of hydrogen-bond acceptors (Lipinski definition) is 2. The van der Waals surface area contributed by atoms with Crippen LogP contribution in [0.25, 0.3) is 0 Å². The molecule has 0 aromatic heterocycles. The van der Waals surface area contributed by atoms with Gasteiger partial charge in [0.2, 0.25) is 0 Å². The predicted octanol–water partition coefficient (Wildman–Crippen LogP) is 5.49. The van der Waals surface area contributed by atoms with Crippen LogP contribution in [0.4, 0.5) is 0 Å². The van der Waals surface area contributed by atoms with Crippen molar-refractivity contribution in [3.05, 3.63) is 28.8 Å². The summed E-state index contributed by atoms with van der Waals surface area (Å²) in [4.78, 5) is 12.4. The highest BCUT2D eigenvalue weighted by atomic mass is 35.5. The Morgan fingerprint density at radius 1 is 1.09 bits per heavy atom. The van der Waals surface area contributed by atoms with Gasteiger partial charge in [0.25, 0.3) is 0 Å². The van der Waals surface area contributed by atoms with Crippen LogP contribution in [0, 0.1) is 0 Å². The number of alkyl halides is 1. The van der Waals surface area contributed by atoms with Gasteiger partial charge in [-0.1, -0.05) is 41.5 Å². The molecule has 0 saturated heterocycles. The molecule has 2 nitrogen and oxygen atoms in total. The first-order valence-corrected chi connectivity index (χ1v) is 8.33. The SMILES string of the molecule is CCOc1c(C(C)(C)C)cc(C(=O)C(C)Cl)cc1C(C)(C)C. The van der Waals surface area contributed by atoms with Gasteiger partial charge in [-0.05, 0) is 36.8 Å². The fourth-order valence-electron chi connectivity index (χ4n) is 2.41. The Bertz CT molecular complexity index is 511. The van der Waals surface area contributed by atoms with Gasteiger partial charge < -0.3 is 4.74 Å². The maximum atomic E-state index is 12.4. The second-order valence-electron chi connectivity index (χ2n) is 7.81. The zero-order valence-electron chi connectivity index (χ0n) is 15.1. The van der Waals surface area contributed by atoms with Gasteiger partial charge in [-0.25, -0.2) is 0 Å². The number of carbonyl (C=O) groups is 1. The first-order valence-electron chi connectivity index (χ1n) is 7.89. The predicted molar refractivity (Wildman–Crippen MR) is 94.7 cm³/mol. The van der Waals surface area contributed by atoms with E-state index in [1.165, 1.54) is 0 Å². The quantitative estimate of drug-likeness (QED) is 0.540. The molecular formula is C19H29ClO2. The maximum absolute atomic E-state index is 12.4. The number of ketones is 1. The monoisotopic (exact) mass is 324 g/mol. The van der Waals surface area contributed by atoms with E-state index in [1.54, 1.807) is 6.92 Å². The molecule has 1 atom stereocenters. The number of rotatable bonds is 4. The zero-order chi connectivity index (χ0) is 17.3. The lowest BCUT2D eigenvalue weighted by molar-refractivity contribution is 0.0991. The molecule has 0 fully saturated rings. The van der Waals surface area contributed by atoms with E-state index in [1.807, 2.05) is 19.1 Å². The van der Waals surface area contributed by atoms with Gasteiger partial charge in [-0.2, -0.15) is 0 Å². The lowest BCUT2D eigenvalue weighted by Crippen LogP contribution is -2.22. The molecule has 1 rings (SSSR count). The Hall–Kier alpha value is -1.02. The van der Waals surface area contributed by atoms with E-state index in [0.717, 1.165) is 16.9 Å². The average Bonchev–Trinajstić information content (AvgIpc) is 2.35. The average molecular weight is 325 g/mol. The topological polar surface area (TPSA) is 26.3 Å². The number of ether oxygens (including phenoxy) is 1. The van der Waals surface area contributed by atoms with Crippen molar-refractivity contribution >= 4 is 17.4 Å². The maximum Gasteiger partial charge on any atom is 0.180 e. The van der Waals surface area contributed by atoms with Gasteiger partial charge in [0, 0.05) is 16.7 Å². The Balaban J connectivity index is 3.72. The molecule has 0 spiro atoms. The van der Waals surface area contributed by atoms with Gasteiger partial charge in [0.1, 0.15) is 5.75 Å². The second kappa shape index (κ2) is 6.62. The van der Waals surface area contributed by atoms with E-state index in [9.17, 15) is 4.79 Å². The summed E-state index contributed by atoms with van der Waals surface area (Å²) in [6.45, 7) is 17.1. The Morgan fingerprint density at radius 2 is 1.50 bits per heavy atom.